The van der Waals surface area contributed by atoms with Crippen LogP contribution in [-0.2, 0) is 0 Å². The molecule has 0 atom stereocenters. The van der Waals surface area contributed by atoms with E-state index >= 15 is 0 Å². The van der Waals surface area contributed by atoms with Crippen molar-refractivity contribution in [3.05, 3.63) is 35.9 Å². The summed E-state index contributed by atoms with van der Waals surface area (Å²) in [5.41, 5.74) is 0.112. The first-order valence-electron chi connectivity index (χ1n) is 4.08. The third-order valence-electron chi connectivity index (χ3n) is 2.11. The van der Waals surface area contributed by atoms with Crippen molar-refractivity contribution in [2.45, 2.75) is 0 Å². The van der Waals surface area contributed by atoms with Crippen molar-refractivity contribution in [3.63, 3.8) is 0 Å². The summed E-state index contributed by atoms with van der Waals surface area (Å²) in [5, 5.41) is 29.0. The molecule has 0 fully saturated rings. The number of phenols is 2. The largest absolute Gasteiger partial charge is 0.504 e. The molecular formula is C11H7NO2. The molecule has 3 heteroatoms. The summed E-state index contributed by atoms with van der Waals surface area (Å²) in [7, 11) is 0. The van der Waals surface area contributed by atoms with Crippen LogP contribution in [0, 0.1) is 11.3 Å². The van der Waals surface area contributed by atoms with Crippen LogP contribution < -0.4 is 0 Å². The van der Waals surface area contributed by atoms with E-state index in [-0.39, 0.29) is 17.1 Å². The van der Waals surface area contributed by atoms with Crippen LogP contribution in [0.25, 0.3) is 10.8 Å². The van der Waals surface area contributed by atoms with E-state index in [4.69, 9.17) is 5.26 Å². The van der Waals surface area contributed by atoms with E-state index in [1.165, 1.54) is 6.07 Å². The van der Waals surface area contributed by atoms with Crippen molar-refractivity contribution in [2.75, 3.05) is 0 Å². The van der Waals surface area contributed by atoms with Gasteiger partial charge < -0.3 is 10.2 Å². The van der Waals surface area contributed by atoms with Crippen molar-refractivity contribution in [1.82, 2.24) is 0 Å². The van der Waals surface area contributed by atoms with Gasteiger partial charge in [0.25, 0.3) is 0 Å². The Hall–Kier alpha value is -2.21. The van der Waals surface area contributed by atoms with Crippen LogP contribution in [0.2, 0.25) is 0 Å². The van der Waals surface area contributed by atoms with E-state index in [0.29, 0.717) is 5.39 Å². The van der Waals surface area contributed by atoms with E-state index in [9.17, 15) is 10.2 Å². The lowest BCUT2D eigenvalue weighted by atomic mass is 10.0. The van der Waals surface area contributed by atoms with E-state index in [0.717, 1.165) is 5.39 Å². The highest BCUT2D eigenvalue weighted by atomic mass is 16.3. The molecule has 0 aliphatic carbocycles. The van der Waals surface area contributed by atoms with Crippen LogP contribution in [0.15, 0.2) is 30.3 Å². The Morgan fingerprint density at radius 1 is 1.14 bits per heavy atom. The molecule has 2 rings (SSSR count). The second kappa shape index (κ2) is 2.93. The van der Waals surface area contributed by atoms with Gasteiger partial charge in [-0.05, 0) is 11.5 Å². The third kappa shape index (κ3) is 1.05. The molecule has 0 radical (unpaired) electrons. The van der Waals surface area contributed by atoms with E-state index in [1.54, 1.807) is 24.3 Å². The lowest BCUT2D eigenvalue weighted by Gasteiger charge is -2.04. The summed E-state index contributed by atoms with van der Waals surface area (Å²) in [6.45, 7) is 0. The third-order valence-corrected chi connectivity index (χ3v) is 2.11. The zero-order valence-electron chi connectivity index (χ0n) is 7.23. The van der Waals surface area contributed by atoms with E-state index in [1.807, 2.05) is 6.07 Å². The van der Waals surface area contributed by atoms with Gasteiger partial charge in [0.2, 0.25) is 0 Å². The van der Waals surface area contributed by atoms with Gasteiger partial charge in [0.15, 0.2) is 11.5 Å². The fourth-order valence-corrected chi connectivity index (χ4v) is 1.44. The molecule has 68 valence electrons. The second-order valence-electron chi connectivity index (χ2n) is 2.95. The number of fused-ring (bicyclic) bond motifs is 1. The first-order valence-corrected chi connectivity index (χ1v) is 4.08. The Bertz CT molecular complexity index is 541. The van der Waals surface area contributed by atoms with E-state index in [2.05, 4.69) is 0 Å². The minimum absolute atomic E-state index is 0.112. The number of hydrogen-bond donors (Lipinski definition) is 2. The average Bonchev–Trinajstić information content (AvgIpc) is 2.20. The number of nitrogens with zero attached hydrogens (tertiary/aromatic N) is 1. The fourth-order valence-electron chi connectivity index (χ4n) is 1.44. The molecule has 0 saturated heterocycles. The van der Waals surface area contributed by atoms with Gasteiger partial charge in [-0.25, -0.2) is 0 Å². The SMILES string of the molecule is N#Cc1c(O)c(O)cc2ccccc12. The lowest BCUT2D eigenvalue weighted by molar-refractivity contribution is 0.404. The van der Waals surface area contributed by atoms with Gasteiger partial charge in [-0.3, -0.25) is 0 Å². The highest BCUT2D eigenvalue weighted by Gasteiger charge is 2.10. The number of aromatic hydroxyl groups is 2. The predicted molar refractivity (Wildman–Crippen MR) is 52.0 cm³/mol. The van der Waals surface area contributed by atoms with Crippen LogP contribution >= 0.6 is 0 Å². The van der Waals surface area contributed by atoms with Crippen molar-refractivity contribution >= 4 is 10.8 Å². The number of rotatable bonds is 0. The zero-order valence-corrected chi connectivity index (χ0v) is 7.23. The summed E-state index contributed by atoms with van der Waals surface area (Å²) in [6.07, 6.45) is 0. The molecule has 0 aromatic heterocycles. The maximum Gasteiger partial charge on any atom is 0.176 e. The Kier molecular flexibility index (Phi) is 1.76. The zero-order chi connectivity index (χ0) is 10.1. The smallest absolute Gasteiger partial charge is 0.176 e. The van der Waals surface area contributed by atoms with Gasteiger partial charge in [-0.15, -0.1) is 0 Å². The van der Waals surface area contributed by atoms with Crippen LogP contribution in [-0.4, -0.2) is 10.2 Å². The molecule has 0 saturated carbocycles. The molecule has 2 N–H and O–H groups in total. The van der Waals surface area contributed by atoms with Crippen LogP contribution in [0.4, 0.5) is 0 Å². The number of hydrogen-bond acceptors (Lipinski definition) is 3. The fraction of sp³-hybridized carbons (Fsp3) is 0. The number of benzene rings is 2. The van der Waals surface area contributed by atoms with Crippen molar-refractivity contribution in [1.29, 1.82) is 5.26 Å². The molecule has 0 amide bonds. The Morgan fingerprint density at radius 3 is 2.57 bits per heavy atom. The Morgan fingerprint density at radius 2 is 1.86 bits per heavy atom. The maximum atomic E-state index is 9.42. The van der Waals surface area contributed by atoms with Crippen molar-refractivity contribution < 1.29 is 10.2 Å². The summed E-state index contributed by atoms with van der Waals surface area (Å²) in [6, 6.07) is 10.4. The highest BCUT2D eigenvalue weighted by Crippen LogP contribution is 2.34. The predicted octanol–water partition coefficient (Wildman–Crippen LogP) is 2.12. The topological polar surface area (TPSA) is 64.2 Å². The Balaban J connectivity index is 2.98. The van der Waals surface area contributed by atoms with Crippen LogP contribution in [0.5, 0.6) is 11.5 Å². The van der Waals surface area contributed by atoms with E-state index < -0.39 is 0 Å². The highest BCUT2D eigenvalue weighted by molar-refractivity contribution is 5.91. The molecular weight excluding hydrogens is 178 g/mol. The first-order chi connectivity index (χ1) is 6.74. The average molecular weight is 185 g/mol. The minimum Gasteiger partial charge on any atom is -0.504 e. The van der Waals surface area contributed by atoms with Gasteiger partial charge in [0.05, 0.1) is 0 Å². The normalized spacial score (nSPS) is 9.93. The number of phenolic OH excluding ortho intramolecular Hbond substituents is 2. The van der Waals surface area contributed by atoms with Gasteiger partial charge in [-0.1, -0.05) is 24.3 Å². The van der Waals surface area contributed by atoms with Gasteiger partial charge >= 0.3 is 0 Å². The molecule has 0 heterocycles. The summed E-state index contributed by atoms with van der Waals surface area (Å²) >= 11 is 0. The molecule has 14 heavy (non-hydrogen) atoms. The van der Waals surface area contributed by atoms with Crippen molar-refractivity contribution in [3.8, 4) is 17.6 Å². The molecule has 3 nitrogen and oxygen atoms in total. The van der Waals surface area contributed by atoms with Crippen LogP contribution in [0.3, 0.4) is 0 Å². The summed E-state index contributed by atoms with van der Waals surface area (Å²) < 4.78 is 0. The maximum absolute atomic E-state index is 9.42. The minimum atomic E-state index is -0.355. The molecule has 0 spiro atoms. The molecule has 0 unspecified atom stereocenters. The van der Waals surface area contributed by atoms with Gasteiger partial charge in [0.1, 0.15) is 11.6 Å². The monoisotopic (exact) mass is 185 g/mol. The molecule has 0 aliphatic rings. The van der Waals surface area contributed by atoms with Gasteiger partial charge in [-0.2, -0.15) is 5.26 Å². The summed E-state index contributed by atoms with van der Waals surface area (Å²) in [4.78, 5) is 0. The number of nitriles is 1. The Labute approximate surface area is 80.5 Å². The van der Waals surface area contributed by atoms with Crippen molar-refractivity contribution in [2.24, 2.45) is 0 Å². The van der Waals surface area contributed by atoms with Gasteiger partial charge in [0, 0.05) is 5.39 Å². The lowest BCUT2D eigenvalue weighted by Crippen LogP contribution is -1.81. The molecule has 2 aromatic rings. The molecule has 0 bridgehead atoms. The molecule has 0 aliphatic heterocycles. The standard InChI is InChI=1S/C11H7NO2/c12-6-9-8-4-2-1-3-7(8)5-10(13)11(9)14/h1-5,13-14H. The van der Waals surface area contributed by atoms with Crippen LogP contribution in [0.1, 0.15) is 5.56 Å². The first kappa shape index (κ1) is 8.39. The summed E-state index contributed by atoms with van der Waals surface area (Å²) in [5.74, 6) is -0.619. The molecule has 2 aromatic carbocycles. The quantitative estimate of drug-likeness (QED) is 0.618. The second-order valence-corrected chi connectivity index (χ2v) is 2.95.